The van der Waals surface area contributed by atoms with E-state index in [1.807, 2.05) is 13.0 Å². The minimum atomic E-state index is -0.00495. The summed E-state index contributed by atoms with van der Waals surface area (Å²) in [7, 11) is 0. The molecule has 0 spiro atoms. The molecule has 124 valence electrons. The van der Waals surface area contributed by atoms with Gasteiger partial charge in [-0.25, -0.2) is 0 Å². The average Bonchev–Trinajstić information content (AvgIpc) is 2.49. The average molecular weight is 296 g/mol. The van der Waals surface area contributed by atoms with Gasteiger partial charge in [-0.15, -0.1) is 6.58 Å². The summed E-state index contributed by atoms with van der Waals surface area (Å²) in [5.74, 6) is 0.0548. The minimum absolute atomic E-state index is 0.00495. The van der Waals surface area contributed by atoms with E-state index < -0.39 is 0 Å². The van der Waals surface area contributed by atoms with Crippen LogP contribution in [0.1, 0.15) is 90.9 Å². The van der Waals surface area contributed by atoms with Gasteiger partial charge in [0.05, 0.1) is 12.5 Å². The first kappa shape index (κ1) is 20.2. The largest absolute Gasteiger partial charge is 0.465 e. The van der Waals surface area contributed by atoms with Gasteiger partial charge in [0.25, 0.3) is 0 Å². The molecule has 0 aliphatic heterocycles. The van der Waals surface area contributed by atoms with E-state index in [9.17, 15) is 4.79 Å². The number of hydrogen-bond donors (Lipinski definition) is 0. The Kier molecular flexibility index (Phi) is 15.0. The highest BCUT2D eigenvalue weighted by atomic mass is 16.5. The maximum absolute atomic E-state index is 11.8. The van der Waals surface area contributed by atoms with Gasteiger partial charge in [-0.05, 0) is 25.7 Å². The summed E-state index contributed by atoms with van der Waals surface area (Å²) in [4.78, 5) is 11.8. The Bertz CT molecular complexity index is 248. The molecule has 1 unspecified atom stereocenters. The lowest BCUT2D eigenvalue weighted by atomic mass is 10.0. The molecule has 0 radical (unpaired) electrons. The van der Waals surface area contributed by atoms with E-state index in [0.29, 0.717) is 6.61 Å². The molecule has 21 heavy (non-hydrogen) atoms. The van der Waals surface area contributed by atoms with Gasteiger partial charge in [0.1, 0.15) is 0 Å². The topological polar surface area (TPSA) is 26.3 Å². The first-order valence-corrected chi connectivity index (χ1v) is 8.99. The quantitative estimate of drug-likeness (QED) is 0.209. The van der Waals surface area contributed by atoms with E-state index in [1.165, 1.54) is 51.4 Å². The predicted molar refractivity (Wildman–Crippen MR) is 91.4 cm³/mol. The molecule has 2 nitrogen and oxygen atoms in total. The SMILES string of the molecule is C=CCCCCCCC(C)C(=O)OCCCCCCCC. The lowest BCUT2D eigenvalue weighted by Gasteiger charge is -2.11. The number of ether oxygens (including phenoxy) is 1. The van der Waals surface area contributed by atoms with Crippen LogP contribution in [0.2, 0.25) is 0 Å². The molecular formula is C19H36O2. The summed E-state index contributed by atoms with van der Waals surface area (Å²) in [6.45, 7) is 8.55. The van der Waals surface area contributed by atoms with Crippen molar-refractivity contribution in [2.45, 2.75) is 90.9 Å². The molecule has 0 heterocycles. The summed E-state index contributed by atoms with van der Waals surface area (Å²) in [6, 6.07) is 0. The van der Waals surface area contributed by atoms with E-state index in [-0.39, 0.29) is 11.9 Å². The zero-order valence-electron chi connectivity index (χ0n) is 14.4. The highest BCUT2D eigenvalue weighted by molar-refractivity contribution is 5.71. The molecule has 0 rings (SSSR count). The van der Waals surface area contributed by atoms with Crippen LogP contribution in [0, 0.1) is 5.92 Å². The van der Waals surface area contributed by atoms with Gasteiger partial charge in [0, 0.05) is 0 Å². The van der Waals surface area contributed by atoms with Crippen molar-refractivity contribution in [3.63, 3.8) is 0 Å². The zero-order chi connectivity index (χ0) is 15.8. The van der Waals surface area contributed by atoms with Gasteiger partial charge >= 0.3 is 5.97 Å². The Morgan fingerprint density at radius 1 is 1.00 bits per heavy atom. The maximum atomic E-state index is 11.8. The van der Waals surface area contributed by atoms with Crippen molar-refractivity contribution in [2.24, 2.45) is 5.92 Å². The van der Waals surface area contributed by atoms with Crippen molar-refractivity contribution in [1.82, 2.24) is 0 Å². The first-order chi connectivity index (χ1) is 10.2. The third-order valence-corrected chi connectivity index (χ3v) is 3.94. The summed E-state index contributed by atoms with van der Waals surface area (Å²) in [5.41, 5.74) is 0. The maximum Gasteiger partial charge on any atom is 0.308 e. The van der Waals surface area contributed by atoms with Crippen LogP contribution in [-0.4, -0.2) is 12.6 Å². The molecule has 0 N–H and O–H groups in total. The number of esters is 1. The van der Waals surface area contributed by atoms with Crippen molar-refractivity contribution in [1.29, 1.82) is 0 Å². The molecule has 0 saturated heterocycles. The highest BCUT2D eigenvalue weighted by Gasteiger charge is 2.13. The van der Waals surface area contributed by atoms with Crippen molar-refractivity contribution in [3.8, 4) is 0 Å². The molecular weight excluding hydrogens is 260 g/mol. The minimum Gasteiger partial charge on any atom is -0.465 e. The number of allylic oxidation sites excluding steroid dienone is 1. The Morgan fingerprint density at radius 2 is 1.62 bits per heavy atom. The second kappa shape index (κ2) is 15.6. The highest BCUT2D eigenvalue weighted by Crippen LogP contribution is 2.13. The summed E-state index contributed by atoms with van der Waals surface area (Å²) < 4.78 is 5.35. The Hall–Kier alpha value is -0.790. The van der Waals surface area contributed by atoms with E-state index in [1.54, 1.807) is 0 Å². The Labute approximate surface area is 132 Å². The number of hydrogen-bond acceptors (Lipinski definition) is 2. The monoisotopic (exact) mass is 296 g/mol. The zero-order valence-corrected chi connectivity index (χ0v) is 14.4. The second-order valence-electron chi connectivity index (χ2n) is 6.12. The fraction of sp³-hybridized carbons (Fsp3) is 0.842. The van der Waals surface area contributed by atoms with Gasteiger partial charge in [0.2, 0.25) is 0 Å². The van der Waals surface area contributed by atoms with Crippen molar-refractivity contribution >= 4 is 5.97 Å². The van der Waals surface area contributed by atoms with E-state index in [2.05, 4.69) is 13.5 Å². The van der Waals surface area contributed by atoms with Gasteiger partial charge in [-0.1, -0.05) is 71.3 Å². The van der Waals surface area contributed by atoms with Crippen LogP contribution in [0.5, 0.6) is 0 Å². The van der Waals surface area contributed by atoms with Crippen molar-refractivity contribution in [2.75, 3.05) is 6.61 Å². The molecule has 0 bridgehead atoms. The lowest BCUT2D eigenvalue weighted by Crippen LogP contribution is -2.15. The Morgan fingerprint density at radius 3 is 2.33 bits per heavy atom. The molecule has 1 atom stereocenters. The van der Waals surface area contributed by atoms with Crippen LogP contribution in [0.4, 0.5) is 0 Å². The third kappa shape index (κ3) is 13.9. The Balaban J connectivity index is 3.38. The van der Waals surface area contributed by atoms with Crippen LogP contribution in [0.3, 0.4) is 0 Å². The fourth-order valence-corrected chi connectivity index (χ4v) is 2.41. The van der Waals surface area contributed by atoms with Gasteiger partial charge in [0.15, 0.2) is 0 Å². The molecule has 2 heteroatoms. The summed E-state index contributed by atoms with van der Waals surface area (Å²) in [5, 5.41) is 0. The van der Waals surface area contributed by atoms with Gasteiger partial charge in [-0.2, -0.15) is 0 Å². The molecule has 0 aromatic heterocycles. The van der Waals surface area contributed by atoms with Crippen molar-refractivity contribution in [3.05, 3.63) is 12.7 Å². The molecule has 0 aliphatic carbocycles. The first-order valence-electron chi connectivity index (χ1n) is 8.99. The smallest absolute Gasteiger partial charge is 0.308 e. The fourth-order valence-electron chi connectivity index (χ4n) is 2.41. The van der Waals surface area contributed by atoms with Crippen LogP contribution in [0.15, 0.2) is 12.7 Å². The summed E-state index contributed by atoms with van der Waals surface area (Å²) in [6.07, 6.45) is 16.2. The number of carbonyl (C=O) groups excluding carboxylic acids is 1. The number of carbonyl (C=O) groups is 1. The van der Waals surface area contributed by atoms with Crippen LogP contribution >= 0.6 is 0 Å². The van der Waals surface area contributed by atoms with Crippen LogP contribution in [0.25, 0.3) is 0 Å². The van der Waals surface area contributed by atoms with E-state index >= 15 is 0 Å². The third-order valence-electron chi connectivity index (χ3n) is 3.94. The van der Waals surface area contributed by atoms with E-state index in [0.717, 1.165) is 25.7 Å². The summed E-state index contributed by atoms with van der Waals surface area (Å²) >= 11 is 0. The number of rotatable bonds is 15. The van der Waals surface area contributed by atoms with Crippen LogP contribution < -0.4 is 0 Å². The lowest BCUT2D eigenvalue weighted by molar-refractivity contribution is -0.148. The molecule has 0 saturated carbocycles. The van der Waals surface area contributed by atoms with E-state index in [4.69, 9.17) is 4.74 Å². The standard InChI is InChI=1S/C19H36O2/c1-4-6-8-10-12-14-16-18(3)19(20)21-17-15-13-11-9-7-5-2/h4,18H,1,5-17H2,2-3H3. The van der Waals surface area contributed by atoms with Crippen LogP contribution in [-0.2, 0) is 9.53 Å². The second-order valence-corrected chi connectivity index (χ2v) is 6.12. The molecule has 0 fully saturated rings. The van der Waals surface area contributed by atoms with Gasteiger partial charge < -0.3 is 4.74 Å². The molecule has 0 amide bonds. The molecule has 0 aromatic rings. The number of unbranched alkanes of at least 4 members (excludes halogenated alkanes) is 9. The normalized spacial score (nSPS) is 12.1. The van der Waals surface area contributed by atoms with Crippen molar-refractivity contribution < 1.29 is 9.53 Å². The molecule has 0 aliphatic rings. The van der Waals surface area contributed by atoms with Gasteiger partial charge in [-0.3, -0.25) is 4.79 Å². The molecule has 0 aromatic carbocycles. The predicted octanol–water partition coefficient (Wildman–Crippen LogP) is 6.05.